The molecule has 0 saturated heterocycles. The van der Waals surface area contributed by atoms with Crippen molar-refractivity contribution in [2.75, 3.05) is 11.9 Å². The molecule has 0 fully saturated rings. The van der Waals surface area contributed by atoms with E-state index in [2.05, 4.69) is 0 Å². The van der Waals surface area contributed by atoms with E-state index < -0.39 is 0 Å². The van der Waals surface area contributed by atoms with Gasteiger partial charge in [-0.25, -0.2) is 0 Å². The number of carbonyl (C=O) groups is 1. The normalized spacial score (nSPS) is 9.93. The van der Waals surface area contributed by atoms with Crippen LogP contribution in [0.4, 0.5) is 5.69 Å². The SMILES string of the molecule is CN(C(=O)c1cccs1)c1ccccc1. The van der Waals surface area contributed by atoms with E-state index in [0.29, 0.717) is 0 Å². The lowest BCUT2D eigenvalue weighted by molar-refractivity contribution is 0.0997. The molecule has 3 heteroatoms. The van der Waals surface area contributed by atoms with Crippen LogP contribution in [-0.4, -0.2) is 13.0 Å². The third kappa shape index (κ3) is 2.07. The molecule has 15 heavy (non-hydrogen) atoms. The summed E-state index contributed by atoms with van der Waals surface area (Å²) in [6.07, 6.45) is 0. The molecular weight excluding hydrogens is 206 g/mol. The van der Waals surface area contributed by atoms with Crippen LogP contribution in [0.2, 0.25) is 0 Å². The predicted octanol–water partition coefficient (Wildman–Crippen LogP) is 3.02. The Kier molecular flexibility index (Phi) is 2.83. The first-order chi connectivity index (χ1) is 7.29. The number of anilines is 1. The highest BCUT2D eigenvalue weighted by Crippen LogP contribution is 2.17. The lowest BCUT2D eigenvalue weighted by Gasteiger charge is -2.15. The molecule has 0 aliphatic carbocycles. The van der Waals surface area contributed by atoms with Gasteiger partial charge < -0.3 is 4.90 Å². The molecule has 0 bridgehead atoms. The molecule has 0 spiro atoms. The molecule has 1 heterocycles. The first-order valence-electron chi connectivity index (χ1n) is 4.65. The van der Waals surface area contributed by atoms with Gasteiger partial charge in [-0.3, -0.25) is 4.79 Å². The summed E-state index contributed by atoms with van der Waals surface area (Å²) in [7, 11) is 1.79. The van der Waals surface area contributed by atoms with Crippen molar-refractivity contribution in [1.29, 1.82) is 0 Å². The summed E-state index contributed by atoms with van der Waals surface area (Å²) < 4.78 is 0. The topological polar surface area (TPSA) is 20.3 Å². The van der Waals surface area contributed by atoms with Crippen LogP contribution in [0.3, 0.4) is 0 Å². The second-order valence-electron chi connectivity index (χ2n) is 3.18. The van der Waals surface area contributed by atoms with Gasteiger partial charge in [-0.15, -0.1) is 11.3 Å². The summed E-state index contributed by atoms with van der Waals surface area (Å²) in [5, 5.41) is 1.91. The first kappa shape index (κ1) is 9.93. The van der Waals surface area contributed by atoms with Gasteiger partial charge in [0.15, 0.2) is 0 Å². The van der Waals surface area contributed by atoms with Crippen LogP contribution in [0.25, 0.3) is 0 Å². The van der Waals surface area contributed by atoms with Crippen molar-refractivity contribution in [3.8, 4) is 0 Å². The molecule has 0 saturated carbocycles. The summed E-state index contributed by atoms with van der Waals surface area (Å²) >= 11 is 1.46. The van der Waals surface area contributed by atoms with Crippen molar-refractivity contribution in [1.82, 2.24) is 0 Å². The van der Waals surface area contributed by atoms with Gasteiger partial charge in [0.2, 0.25) is 0 Å². The molecule has 1 aromatic carbocycles. The van der Waals surface area contributed by atoms with Crippen molar-refractivity contribution in [3.05, 3.63) is 52.7 Å². The fourth-order valence-electron chi connectivity index (χ4n) is 1.33. The summed E-state index contributed by atoms with van der Waals surface area (Å²) in [4.78, 5) is 14.4. The second-order valence-corrected chi connectivity index (χ2v) is 4.12. The predicted molar refractivity (Wildman–Crippen MR) is 63.5 cm³/mol. The van der Waals surface area contributed by atoms with Gasteiger partial charge in [0.1, 0.15) is 0 Å². The fraction of sp³-hybridized carbons (Fsp3) is 0.0833. The highest BCUT2D eigenvalue weighted by molar-refractivity contribution is 7.12. The van der Waals surface area contributed by atoms with Crippen LogP contribution in [0.1, 0.15) is 9.67 Å². The van der Waals surface area contributed by atoms with E-state index in [-0.39, 0.29) is 5.91 Å². The van der Waals surface area contributed by atoms with Crippen molar-refractivity contribution < 1.29 is 4.79 Å². The van der Waals surface area contributed by atoms with Crippen molar-refractivity contribution in [2.24, 2.45) is 0 Å². The van der Waals surface area contributed by atoms with Gasteiger partial charge in [0.05, 0.1) is 4.88 Å². The Morgan fingerprint density at radius 1 is 1.13 bits per heavy atom. The van der Waals surface area contributed by atoms with Crippen molar-refractivity contribution in [2.45, 2.75) is 0 Å². The molecule has 0 aliphatic heterocycles. The minimum Gasteiger partial charge on any atom is -0.311 e. The van der Waals surface area contributed by atoms with Crippen LogP contribution in [0, 0.1) is 0 Å². The Balaban J connectivity index is 2.23. The number of amides is 1. The average molecular weight is 217 g/mol. The number of rotatable bonds is 2. The van der Waals surface area contributed by atoms with Crippen LogP contribution in [-0.2, 0) is 0 Å². The maximum absolute atomic E-state index is 11.9. The molecule has 0 unspecified atom stereocenters. The van der Waals surface area contributed by atoms with E-state index in [0.717, 1.165) is 10.6 Å². The molecule has 2 rings (SSSR count). The summed E-state index contributed by atoms with van der Waals surface area (Å²) in [5.74, 6) is 0.0381. The zero-order valence-electron chi connectivity index (χ0n) is 8.38. The third-order valence-corrected chi connectivity index (χ3v) is 3.04. The molecule has 76 valence electrons. The summed E-state index contributed by atoms with van der Waals surface area (Å²) in [6, 6.07) is 13.4. The molecule has 2 aromatic rings. The van der Waals surface area contributed by atoms with Crippen molar-refractivity contribution in [3.63, 3.8) is 0 Å². The number of hydrogen-bond acceptors (Lipinski definition) is 2. The maximum Gasteiger partial charge on any atom is 0.268 e. The Labute approximate surface area is 92.8 Å². The van der Waals surface area contributed by atoms with Gasteiger partial charge in [0, 0.05) is 12.7 Å². The van der Waals surface area contributed by atoms with Gasteiger partial charge in [-0.2, -0.15) is 0 Å². The van der Waals surface area contributed by atoms with E-state index in [9.17, 15) is 4.79 Å². The molecule has 0 atom stereocenters. The van der Waals surface area contributed by atoms with Gasteiger partial charge in [-0.05, 0) is 23.6 Å². The minimum atomic E-state index is 0.0381. The number of benzene rings is 1. The van der Waals surface area contributed by atoms with Crippen LogP contribution in [0.15, 0.2) is 47.8 Å². The smallest absolute Gasteiger partial charge is 0.268 e. The number of nitrogens with zero attached hydrogens (tertiary/aromatic N) is 1. The third-order valence-electron chi connectivity index (χ3n) is 2.18. The van der Waals surface area contributed by atoms with Crippen LogP contribution >= 0.6 is 11.3 Å². The Morgan fingerprint density at radius 3 is 2.47 bits per heavy atom. The molecular formula is C12H11NOS. The van der Waals surface area contributed by atoms with E-state index in [1.807, 2.05) is 47.8 Å². The zero-order valence-corrected chi connectivity index (χ0v) is 9.20. The van der Waals surface area contributed by atoms with E-state index >= 15 is 0 Å². The van der Waals surface area contributed by atoms with Gasteiger partial charge in [-0.1, -0.05) is 24.3 Å². The number of carbonyl (C=O) groups excluding carboxylic acids is 1. The lowest BCUT2D eigenvalue weighted by Crippen LogP contribution is -2.25. The van der Waals surface area contributed by atoms with Crippen molar-refractivity contribution >= 4 is 22.9 Å². The van der Waals surface area contributed by atoms with E-state index in [1.165, 1.54) is 11.3 Å². The highest BCUT2D eigenvalue weighted by Gasteiger charge is 2.13. The molecule has 1 amide bonds. The van der Waals surface area contributed by atoms with Crippen LogP contribution < -0.4 is 4.90 Å². The Hall–Kier alpha value is -1.61. The highest BCUT2D eigenvalue weighted by atomic mass is 32.1. The summed E-state index contributed by atoms with van der Waals surface area (Å²) in [6.45, 7) is 0. The second kappa shape index (κ2) is 4.28. The zero-order chi connectivity index (χ0) is 10.7. The molecule has 0 N–H and O–H groups in total. The monoisotopic (exact) mass is 217 g/mol. The molecule has 1 aromatic heterocycles. The number of para-hydroxylation sites is 1. The Morgan fingerprint density at radius 2 is 1.87 bits per heavy atom. The minimum absolute atomic E-state index is 0.0381. The maximum atomic E-state index is 11.9. The fourth-order valence-corrected chi connectivity index (χ4v) is 2.03. The molecule has 0 aliphatic rings. The summed E-state index contributed by atoms with van der Waals surface area (Å²) in [5.41, 5.74) is 0.913. The van der Waals surface area contributed by atoms with Gasteiger partial charge in [0.25, 0.3) is 5.91 Å². The lowest BCUT2D eigenvalue weighted by atomic mass is 10.3. The largest absolute Gasteiger partial charge is 0.311 e. The standard InChI is InChI=1S/C12H11NOS/c1-13(10-6-3-2-4-7-10)12(14)11-8-5-9-15-11/h2-9H,1H3. The van der Waals surface area contributed by atoms with E-state index in [1.54, 1.807) is 11.9 Å². The molecule has 2 nitrogen and oxygen atoms in total. The van der Waals surface area contributed by atoms with Gasteiger partial charge >= 0.3 is 0 Å². The average Bonchev–Trinajstić information content (AvgIpc) is 2.82. The number of hydrogen-bond donors (Lipinski definition) is 0. The molecule has 0 radical (unpaired) electrons. The number of thiophene rings is 1. The van der Waals surface area contributed by atoms with E-state index in [4.69, 9.17) is 0 Å². The van der Waals surface area contributed by atoms with Crippen LogP contribution in [0.5, 0.6) is 0 Å². The quantitative estimate of drug-likeness (QED) is 0.757. The Bertz CT molecular complexity index is 436. The first-order valence-corrected chi connectivity index (χ1v) is 5.53.